The molecule has 3 saturated carbocycles. The number of rotatable bonds is 9. The number of nitrogens with one attached hydrogen (secondary N) is 1. The van der Waals surface area contributed by atoms with Gasteiger partial charge < -0.3 is 10.2 Å². The van der Waals surface area contributed by atoms with Gasteiger partial charge in [0, 0.05) is 26.2 Å². The van der Waals surface area contributed by atoms with E-state index in [0.717, 1.165) is 17.8 Å². The van der Waals surface area contributed by atoms with E-state index in [0.29, 0.717) is 0 Å². The number of hydrogen-bond donors (Lipinski definition) is 1. The minimum absolute atomic E-state index is 1.03. The lowest BCUT2D eigenvalue weighted by Gasteiger charge is -2.22. The van der Waals surface area contributed by atoms with E-state index < -0.39 is 0 Å². The summed E-state index contributed by atoms with van der Waals surface area (Å²) in [5.74, 6) is 3.14. The third-order valence-corrected chi connectivity index (χ3v) is 4.16. The van der Waals surface area contributed by atoms with E-state index in [4.69, 9.17) is 0 Å². The maximum atomic E-state index is 3.62. The van der Waals surface area contributed by atoms with Gasteiger partial charge in [0.1, 0.15) is 0 Å². The first-order chi connectivity index (χ1) is 7.90. The van der Waals surface area contributed by atoms with Crippen molar-refractivity contribution in [2.45, 2.75) is 38.5 Å². The van der Waals surface area contributed by atoms with Gasteiger partial charge in [0.05, 0.1) is 0 Å². The molecule has 3 aliphatic rings. The largest absolute Gasteiger partial charge is 0.315 e. The van der Waals surface area contributed by atoms with Gasteiger partial charge in [-0.15, -0.1) is 0 Å². The molecule has 1 N–H and O–H groups in total. The average Bonchev–Trinajstić information content (AvgIpc) is 3.12. The third-order valence-electron chi connectivity index (χ3n) is 4.16. The molecule has 0 unspecified atom stereocenters. The second-order valence-electron chi connectivity index (χ2n) is 6.29. The minimum atomic E-state index is 1.03. The van der Waals surface area contributed by atoms with Gasteiger partial charge in [0.15, 0.2) is 0 Å². The second kappa shape index (κ2) is 5.05. The summed E-state index contributed by atoms with van der Waals surface area (Å²) in [7, 11) is 0. The van der Waals surface area contributed by atoms with Crippen molar-refractivity contribution in [2.24, 2.45) is 17.8 Å². The fraction of sp³-hybridized carbons (Fsp3) is 1.00. The Balaban J connectivity index is 1.29. The zero-order valence-corrected chi connectivity index (χ0v) is 10.5. The summed E-state index contributed by atoms with van der Waals surface area (Å²) < 4.78 is 0. The van der Waals surface area contributed by atoms with E-state index in [9.17, 15) is 0 Å². The molecule has 0 spiro atoms. The Labute approximate surface area is 99.8 Å². The Bertz CT molecular complexity index is 203. The van der Waals surface area contributed by atoms with E-state index >= 15 is 0 Å². The molecular weight excluding hydrogens is 196 g/mol. The van der Waals surface area contributed by atoms with Gasteiger partial charge >= 0.3 is 0 Å². The lowest BCUT2D eigenvalue weighted by atomic mass is 10.3. The quantitative estimate of drug-likeness (QED) is 0.601. The Morgan fingerprint density at radius 2 is 1.38 bits per heavy atom. The smallest absolute Gasteiger partial charge is 0.0107 e. The number of hydrogen-bond acceptors (Lipinski definition) is 2. The summed E-state index contributed by atoms with van der Waals surface area (Å²) in [5, 5.41) is 3.62. The van der Waals surface area contributed by atoms with Crippen LogP contribution >= 0.6 is 0 Å². The molecule has 0 saturated heterocycles. The van der Waals surface area contributed by atoms with Crippen LogP contribution in [0.25, 0.3) is 0 Å². The molecule has 0 atom stereocenters. The molecule has 16 heavy (non-hydrogen) atoms. The van der Waals surface area contributed by atoms with E-state index in [1.165, 1.54) is 71.2 Å². The molecule has 0 amide bonds. The fourth-order valence-electron chi connectivity index (χ4n) is 2.45. The summed E-state index contributed by atoms with van der Waals surface area (Å²) in [6, 6.07) is 0. The van der Waals surface area contributed by atoms with Crippen LogP contribution in [0.2, 0.25) is 0 Å². The van der Waals surface area contributed by atoms with Gasteiger partial charge in [-0.1, -0.05) is 0 Å². The first-order valence-electron chi connectivity index (χ1n) is 7.33. The maximum absolute atomic E-state index is 3.62. The van der Waals surface area contributed by atoms with Crippen molar-refractivity contribution < 1.29 is 0 Å². The highest BCUT2D eigenvalue weighted by Gasteiger charge is 2.28. The van der Waals surface area contributed by atoms with Crippen LogP contribution in [0.3, 0.4) is 0 Å². The highest BCUT2D eigenvalue weighted by atomic mass is 15.1. The summed E-state index contributed by atoms with van der Waals surface area (Å²) in [4.78, 5) is 2.73. The van der Waals surface area contributed by atoms with E-state index in [-0.39, 0.29) is 0 Å². The Hall–Kier alpha value is -0.0800. The van der Waals surface area contributed by atoms with Gasteiger partial charge in [-0.3, -0.25) is 0 Å². The molecule has 0 aromatic carbocycles. The average molecular weight is 222 g/mol. The normalized spacial score (nSPS) is 25.3. The summed E-state index contributed by atoms with van der Waals surface area (Å²) in [6.45, 7) is 6.57. The Morgan fingerprint density at radius 1 is 0.812 bits per heavy atom. The van der Waals surface area contributed by atoms with E-state index in [2.05, 4.69) is 10.2 Å². The summed E-state index contributed by atoms with van der Waals surface area (Å²) in [5.41, 5.74) is 0. The molecule has 3 fully saturated rings. The Kier molecular flexibility index (Phi) is 3.49. The second-order valence-corrected chi connectivity index (χ2v) is 6.29. The standard InChI is InChI=1S/C14H26N2/c1-2-12(1)9-15-7-8-16(10-13-3-4-13)11-14-5-6-14/h12-15H,1-11H2. The highest BCUT2D eigenvalue weighted by molar-refractivity contribution is 4.83. The van der Waals surface area contributed by atoms with Crippen molar-refractivity contribution in [1.29, 1.82) is 0 Å². The fourth-order valence-corrected chi connectivity index (χ4v) is 2.45. The van der Waals surface area contributed by atoms with Crippen molar-refractivity contribution in [1.82, 2.24) is 10.2 Å². The third kappa shape index (κ3) is 4.06. The molecule has 0 radical (unpaired) electrons. The molecule has 0 bridgehead atoms. The van der Waals surface area contributed by atoms with Crippen molar-refractivity contribution >= 4 is 0 Å². The molecule has 0 aromatic rings. The van der Waals surface area contributed by atoms with Crippen LogP contribution in [0.1, 0.15) is 38.5 Å². The van der Waals surface area contributed by atoms with Crippen LogP contribution in [0, 0.1) is 17.8 Å². The highest BCUT2D eigenvalue weighted by Crippen LogP contribution is 2.33. The molecule has 92 valence electrons. The zero-order chi connectivity index (χ0) is 10.8. The van der Waals surface area contributed by atoms with Crippen molar-refractivity contribution in [3.05, 3.63) is 0 Å². The molecule has 2 heteroatoms. The van der Waals surface area contributed by atoms with Crippen LogP contribution < -0.4 is 5.32 Å². The van der Waals surface area contributed by atoms with Gasteiger partial charge in [-0.25, -0.2) is 0 Å². The van der Waals surface area contributed by atoms with Crippen molar-refractivity contribution in [3.63, 3.8) is 0 Å². The van der Waals surface area contributed by atoms with E-state index in [1.807, 2.05) is 0 Å². The predicted molar refractivity (Wildman–Crippen MR) is 67.5 cm³/mol. The lowest BCUT2D eigenvalue weighted by molar-refractivity contribution is 0.252. The Morgan fingerprint density at radius 3 is 1.88 bits per heavy atom. The molecule has 2 nitrogen and oxygen atoms in total. The van der Waals surface area contributed by atoms with Crippen molar-refractivity contribution in [3.8, 4) is 0 Å². The minimum Gasteiger partial charge on any atom is -0.315 e. The molecule has 0 heterocycles. The van der Waals surface area contributed by atoms with Crippen molar-refractivity contribution in [2.75, 3.05) is 32.7 Å². The molecular formula is C14H26N2. The van der Waals surface area contributed by atoms with Gasteiger partial charge in [0.2, 0.25) is 0 Å². The maximum Gasteiger partial charge on any atom is 0.0107 e. The SMILES string of the molecule is C(CN(CC1CC1)CC1CC1)NCC1CC1. The predicted octanol–water partition coefficient (Wildman–Crippen LogP) is 2.11. The van der Waals surface area contributed by atoms with Crippen LogP contribution in [0.5, 0.6) is 0 Å². The lowest BCUT2D eigenvalue weighted by Crippen LogP contribution is -2.35. The van der Waals surface area contributed by atoms with Crippen LogP contribution in [-0.4, -0.2) is 37.6 Å². The number of nitrogens with zero attached hydrogens (tertiary/aromatic N) is 1. The molecule has 0 aliphatic heterocycles. The molecule has 3 rings (SSSR count). The van der Waals surface area contributed by atoms with Crippen LogP contribution in [-0.2, 0) is 0 Å². The zero-order valence-electron chi connectivity index (χ0n) is 10.5. The first kappa shape index (κ1) is 11.0. The first-order valence-corrected chi connectivity index (χ1v) is 7.33. The summed E-state index contributed by atoms with van der Waals surface area (Å²) >= 11 is 0. The molecule has 0 aromatic heterocycles. The summed E-state index contributed by atoms with van der Waals surface area (Å²) in [6.07, 6.45) is 8.93. The topological polar surface area (TPSA) is 15.3 Å². The van der Waals surface area contributed by atoms with Gasteiger partial charge in [-0.05, 0) is 62.8 Å². The van der Waals surface area contributed by atoms with Gasteiger partial charge in [-0.2, -0.15) is 0 Å². The molecule has 3 aliphatic carbocycles. The monoisotopic (exact) mass is 222 g/mol. The van der Waals surface area contributed by atoms with Crippen LogP contribution in [0.4, 0.5) is 0 Å². The van der Waals surface area contributed by atoms with E-state index in [1.54, 1.807) is 0 Å². The van der Waals surface area contributed by atoms with Gasteiger partial charge in [0.25, 0.3) is 0 Å². The van der Waals surface area contributed by atoms with Crippen LogP contribution in [0.15, 0.2) is 0 Å².